The molecule has 3 saturated heterocycles. The molecular formula is C20H36O6. The van der Waals surface area contributed by atoms with E-state index >= 15 is 0 Å². The summed E-state index contributed by atoms with van der Waals surface area (Å²) in [6.45, 7) is 10.3. The lowest BCUT2D eigenvalue weighted by Crippen LogP contribution is -2.49. The summed E-state index contributed by atoms with van der Waals surface area (Å²) in [5.41, 5.74) is -0.702. The fraction of sp³-hybridized carbons (Fsp3) is 1.00. The maximum Gasteiger partial charge on any atom is 0.188 e. The van der Waals surface area contributed by atoms with E-state index in [9.17, 15) is 5.11 Å². The molecule has 5 atom stereocenters. The fourth-order valence-corrected chi connectivity index (χ4v) is 4.61. The van der Waals surface area contributed by atoms with Gasteiger partial charge < -0.3 is 28.8 Å². The lowest BCUT2D eigenvalue weighted by atomic mass is 9.78. The highest BCUT2D eigenvalue weighted by atomic mass is 16.8. The molecule has 3 aliphatic rings. The normalized spacial score (nSPS) is 39.2. The third-order valence-corrected chi connectivity index (χ3v) is 5.83. The van der Waals surface area contributed by atoms with Gasteiger partial charge in [0.1, 0.15) is 11.7 Å². The van der Waals surface area contributed by atoms with E-state index < -0.39 is 23.5 Å². The quantitative estimate of drug-likeness (QED) is 0.659. The van der Waals surface area contributed by atoms with Crippen LogP contribution in [-0.4, -0.2) is 54.0 Å². The maximum atomic E-state index is 10.3. The topological polar surface area (TPSA) is 66.4 Å². The Morgan fingerprint density at radius 1 is 0.962 bits per heavy atom. The summed E-state index contributed by atoms with van der Waals surface area (Å²) in [4.78, 5) is 0. The van der Waals surface area contributed by atoms with E-state index in [1.165, 1.54) is 19.3 Å². The molecule has 5 unspecified atom stereocenters. The summed E-state index contributed by atoms with van der Waals surface area (Å²) in [6.07, 6.45) is 5.58. The summed E-state index contributed by atoms with van der Waals surface area (Å²) >= 11 is 0. The molecule has 0 amide bonds. The smallest absolute Gasteiger partial charge is 0.188 e. The minimum atomic E-state index is -0.702. The molecule has 3 aliphatic heterocycles. The number of unbranched alkanes of at least 4 members (excludes halogenated alkanes) is 3. The molecule has 26 heavy (non-hydrogen) atoms. The molecule has 3 fully saturated rings. The second kappa shape index (κ2) is 7.64. The molecule has 0 spiro atoms. The van der Waals surface area contributed by atoms with Crippen molar-refractivity contribution in [2.75, 3.05) is 13.2 Å². The molecule has 6 heteroatoms. The van der Waals surface area contributed by atoms with Gasteiger partial charge in [0.25, 0.3) is 0 Å². The van der Waals surface area contributed by atoms with E-state index in [-0.39, 0.29) is 24.7 Å². The van der Waals surface area contributed by atoms with Crippen LogP contribution in [0.1, 0.15) is 73.1 Å². The van der Waals surface area contributed by atoms with Crippen LogP contribution in [-0.2, 0) is 23.7 Å². The number of rotatable bonds is 8. The molecule has 0 radical (unpaired) electrons. The predicted octanol–water partition coefficient (Wildman–Crippen LogP) is 3.35. The third kappa shape index (κ3) is 4.26. The Labute approximate surface area is 157 Å². The zero-order valence-corrected chi connectivity index (χ0v) is 17.0. The van der Waals surface area contributed by atoms with Gasteiger partial charge in [-0.3, -0.25) is 0 Å². The lowest BCUT2D eigenvalue weighted by molar-refractivity contribution is -0.250. The van der Waals surface area contributed by atoms with Gasteiger partial charge in [0.15, 0.2) is 17.9 Å². The first-order chi connectivity index (χ1) is 12.2. The molecule has 0 saturated carbocycles. The van der Waals surface area contributed by atoms with Gasteiger partial charge in [0.05, 0.1) is 19.3 Å². The minimum Gasteiger partial charge on any atom is -0.393 e. The van der Waals surface area contributed by atoms with Crippen molar-refractivity contribution in [1.82, 2.24) is 0 Å². The number of aliphatic hydroxyl groups excluding tert-OH is 1. The van der Waals surface area contributed by atoms with Crippen LogP contribution in [0.5, 0.6) is 0 Å². The molecule has 0 aliphatic carbocycles. The van der Waals surface area contributed by atoms with E-state index in [0.717, 1.165) is 12.8 Å². The van der Waals surface area contributed by atoms with Crippen LogP contribution in [0.2, 0.25) is 0 Å². The Morgan fingerprint density at radius 3 is 2.31 bits per heavy atom. The van der Waals surface area contributed by atoms with Gasteiger partial charge in [0, 0.05) is 12.3 Å². The molecule has 0 aromatic carbocycles. The number of ether oxygens (including phenoxy) is 5. The average Bonchev–Trinajstić information content (AvgIpc) is 3.15. The summed E-state index contributed by atoms with van der Waals surface area (Å²) in [7, 11) is 0. The number of aliphatic hydroxyl groups is 1. The lowest BCUT2D eigenvalue weighted by Gasteiger charge is -2.39. The number of fused-ring (bicyclic) bond motifs is 1. The van der Waals surface area contributed by atoms with Crippen molar-refractivity contribution < 1.29 is 28.8 Å². The van der Waals surface area contributed by atoms with E-state index in [0.29, 0.717) is 13.0 Å². The van der Waals surface area contributed by atoms with Gasteiger partial charge in [-0.2, -0.15) is 0 Å². The molecular weight excluding hydrogens is 336 g/mol. The zero-order chi connectivity index (χ0) is 19.0. The fourth-order valence-electron chi connectivity index (χ4n) is 4.61. The van der Waals surface area contributed by atoms with Crippen molar-refractivity contribution in [3.8, 4) is 0 Å². The Morgan fingerprint density at radius 2 is 1.73 bits per heavy atom. The van der Waals surface area contributed by atoms with Gasteiger partial charge in [-0.25, -0.2) is 0 Å². The maximum absolute atomic E-state index is 10.3. The molecule has 152 valence electrons. The van der Waals surface area contributed by atoms with Crippen LogP contribution in [0.25, 0.3) is 0 Å². The minimum absolute atomic E-state index is 0.0482. The van der Waals surface area contributed by atoms with Crippen molar-refractivity contribution in [1.29, 1.82) is 0 Å². The second-order valence-corrected chi connectivity index (χ2v) is 8.91. The van der Waals surface area contributed by atoms with Crippen molar-refractivity contribution in [2.45, 2.75) is 109 Å². The summed E-state index contributed by atoms with van der Waals surface area (Å²) < 4.78 is 30.2. The largest absolute Gasteiger partial charge is 0.393 e. The van der Waals surface area contributed by atoms with Crippen LogP contribution in [0.15, 0.2) is 0 Å². The first-order valence-electron chi connectivity index (χ1n) is 10.2. The molecule has 0 aromatic rings. The van der Waals surface area contributed by atoms with Crippen molar-refractivity contribution >= 4 is 0 Å². The van der Waals surface area contributed by atoms with Crippen LogP contribution >= 0.6 is 0 Å². The molecule has 3 rings (SSSR count). The van der Waals surface area contributed by atoms with Crippen LogP contribution in [0, 0.1) is 5.92 Å². The standard InChI is InChI=1S/C20H36O6/c1-6-7-8-9-10-14(16-12-22-18(2,3)24-16)20(13-21)11-15-17(26-20)25-19(4,5)23-15/h14-17,21H,6-13H2,1-5H3. The second-order valence-electron chi connectivity index (χ2n) is 8.91. The zero-order valence-electron chi connectivity index (χ0n) is 17.0. The van der Waals surface area contributed by atoms with E-state index in [1.54, 1.807) is 0 Å². The van der Waals surface area contributed by atoms with Crippen LogP contribution < -0.4 is 0 Å². The Kier molecular flexibility index (Phi) is 6.03. The van der Waals surface area contributed by atoms with Gasteiger partial charge >= 0.3 is 0 Å². The Balaban J connectivity index is 1.74. The highest BCUT2D eigenvalue weighted by molar-refractivity contribution is 5.02. The molecule has 0 aromatic heterocycles. The van der Waals surface area contributed by atoms with Crippen LogP contribution in [0.4, 0.5) is 0 Å². The van der Waals surface area contributed by atoms with Gasteiger partial charge in [-0.1, -0.05) is 32.6 Å². The first-order valence-corrected chi connectivity index (χ1v) is 10.2. The van der Waals surface area contributed by atoms with Gasteiger partial charge in [-0.05, 0) is 34.1 Å². The Bertz CT molecular complexity index is 461. The van der Waals surface area contributed by atoms with E-state index in [2.05, 4.69) is 6.92 Å². The summed E-state index contributed by atoms with van der Waals surface area (Å²) in [5.74, 6) is -1.18. The Hall–Kier alpha value is -0.240. The first kappa shape index (κ1) is 20.5. The predicted molar refractivity (Wildman–Crippen MR) is 96.5 cm³/mol. The van der Waals surface area contributed by atoms with Crippen molar-refractivity contribution in [3.05, 3.63) is 0 Å². The third-order valence-electron chi connectivity index (χ3n) is 5.83. The molecule has 1 N–H and O–H groups in total. The highest BCUT2D eigenvalue weighted by Crippen LogP contribution is 2.48. The molecule has 6 nitrogen and oxygen atoms in total. The average molecular weight is 373 g/mol. The molecule has 3 heterocycles. The van der Waals surface area contributed by atoms with E-state index in [1.807, 2.05) is 27.7 Å². The SMILES string of the molecule is CCCCCCC(C1COC(C)(C)O1)C1(CO)CC2OC(C)(C)OC2O1. The monoisotopic (exact) mass is 372 g/mol. The summed E-state index contributed by atoms with van der Waals surface area (Å²) in [6, 6.07) is 0. The summed E-state index contributed by atoms with van der Waals surface area (Å²) in [5, 5.41) is 10.3. The highest BCUT2D eigenvalue weighted by Gasteiger charge is 2.59. The van der Waals surface area contributed by atoms with Gasteiger partial charge in [0.2, 0.25) is 0 Å². The van der Waals surface area contributed by atoms with Crippen LogP contribution in [0.3, 0.4) is 0 Å². The number of hydrogen-bond donors (Lipinski definition) is 1. The van der Waals surface area contributed by atoms with E-state index in [4.69, 9.17) is 23.7 Å². The van der Waals surface area contributed by atoms with Crippen molar-refractivity contribution in [3.63, 3.8) is 0 Å². The number of hydrogen-bond acceptors (Lipinski definition) is 6. The molecule has 0 bridgehead atoms. The van der Waals surface area contributed by atoms with Crippen molar-refractivity contribution in [2.24, 2.45) is 5.92 Å². The van der Waals surface area contributed by atoms with Gasteiger partial charge in [-0.15, -0.1) is 0 Å².